The van der Waals surface area contributed by atoms with Gasteiger partial charge in [-0.2, -0.15) is 0 Å². The van der Waals surface area contributed by atoms with E-state index in [1.165, 1.54) is 0 Å². The van der Waals surface area contributed by atoms with Gasteiger partial charge in [0.25, 0.3) is 0 Å². The first-order valence-electron chi connectivity index (χ1n) is 3.31. The molecule has 0 aromatic carbocycles. The Hall–Kier alpha value is -0.560. The van der Waals surface area contributed by atoms with E-state index in [0.29, 0.717) is 11.6 Å². The molecule has 0 spiro atoms. The topological polar surface area (TPSA) is 23.9 Å². The molecule has 0 aromatic rings. The molecule has 0 saturated carbocycles. The van der Waals surface area contributed by atoms with Crippen LogP contribution in [0, 0.1) is 11.3 Å². The summed E-state index contributed by atoms with van der Waals surface area (Å²) < 4.78 is 0. The van der Waals surface area contributed by atoms with Gasteiger partial charge >= 0.3 is 0 Å². The molecule has 0 amide bonds. The van der Waals surface area contributed by atoms with Crippen molar-refractivity contribution in [2.75, 3.05) is 5.88 Å². The van der Waals surface area contributed by atoms with E-state index in [1.54, 1.807) is 0 Å². The predicted octanol–water partition coefficient (Wildman–Crippen LogP) is 2.38. The summed E-state index contributed by atoms with van der Waals surface area (Å²) in [6.45, 7) is 0. The Morgan fingerprint density at radius 2 is 2.40 bits per heavy atom. The zero-order valence-electron chi connectivity index (χ0n) is 5.68. The quantitative estimate of drug-likeness (QED) is 0.468. The van der Waals surface area contributed by atoms with E-state index in [4.69, 9.17) is 17.0 Å². The molecule has 1 aliphatic rings. The molecule has 1 rings (SSSR count). The molecule has 0 aromatic heterocycles. The summed E-state index contributed by atoms with van der Waals surface area (Å²) in [7, 11) is 0. The molecule has 10 heavy (non-hydrogen) atoms. The lowest BCUT2D eigenvalue weighted by atomic mass is 9.97. The molecular formula is C8H10ClN. The maximum absolute atomic E-state index is 7.41. The summed E-state index contributed by atoms with van der Waals surface area (Å²) in [5, 5.41) is 7.41. The number of halogens is 1. The van der Waals surface area contributed by atoms with Gasteiger partial charge in [-0.05, 0) is 6.42 Å². The summed E-state index contributed by atoms with van der Waals surface area (Å²) in [6, 6.07) is 0. The summed E-state index contributed by atoms with van der Waals surface area (Å²) in [5.74, 6) is 0.602. The second kappa shape index (κ2) is 3.57. The van der Waals surface area contributed by atoms with Gasteiger partial charge in [0.1, 0.15) is 0 Å². The van der Waals surface area contributed by atoms with Gasteiger partial charge in [0.15, 0.2) is 0 Å². The van der Waals surface area contributed by atoms with Crippen molar-refractivity contribution < 1.29 is 0 Å². The van der Waals surface area contributed by atoms with E-state index in [-0.39, 0.29) is 5.92 Å². The lowest BCUT2D eigenvalue weighted by Crippen LogP contribution is -2.12. The average molecular weight is 156 g/mol. The number of alkyl halides is 1. The first-order chi connectivity index (χ1) is 4.84. The fourth-order valence-corrected chi connectivity index (χ4v) is 1.14. The molecule has 1 unspecified atom stereocenters. The molecule has 0 radical (unpaired) electrons. The maximum Gasteiger partial charge on any atom is 0.0607 e. The van der Waals surface area contributed by atoms with Crippen LogP contribution in [0.15, 0.2) is 24.3 Å². The first kappa shape index (κ1) is 7.55. The van der Waals surface area contributed by atoms with Crippen LogP contribution >= 0.6 is 11.6 Å². The Kier molecular flexibility index (Phi) is 2.69. The highest BCUT2D eigenvalue weighted by molar-refractivity contribution is 6.28. The van der Waals surface area contributed by atoms with Gasteiger partial charge in [-0.3, -0.25) is 0 Å². The van der Waals surface area contributed by atoms with Crippen molar-refractivity contribution in [1.82, 2.24) is 0 Å². The van der Waals surface area contributed by atoms with Crippen LogP contribution in [0.4, 0.5) is 0 Å². The van der Waals surface area contributed by atoms with Crippen molar-refractivity contribution >= 4 is 17.3 Å². The fraction of sp³-hybridized carbons (Fsp3) is 0.375. The zero-order chi connectivity index (χ0) is 7.40. The molecule has 1 aliphatic carbocycles. The molecule has 0 aliphatic heterocycles. The van der Waals surface area contributed by atoms with Crippen LogP contribution in [0.1, 0.15) is 6.42 Å². The molecule has 2 heteroatoms. The number of allylic oxidation sites excluding steroid dienone is 4. The first-order valence-corrected chi connectivity index (χ1v) is 3.84. The molecule has 0 bridgehead atoms. The Labute approximate surface area is 65.9 Å². The summed E-state index contributed by atoms with van der Waals surface area (Å²) in [4.78, 5) is 0. The van der Waals surface area contributed by atoms with E-state index in [2.05, 4.69) is 6.08 Å². The zero-order valence-corrected chi connectivity index (χ0v) is 6.43. The van der Waals surface area contributed by atoms with Crippen LogP contribution in [0.25, 0.3) is 0 Å². The van der Waals surface area contributed by atoms with Crippen LogP contribution in [0.3, 0.4) is 0 Å². The summed E-state index contributed by atoms with van der Waals surface area (Å²) >= 11 is 5.50. The van der Waals surface area contributed by atoms with Crippen LogP contribution in [0.5, 0.6) is 0 Å². The van der Waals surface area contributed by atoms with Crippen LogP contribution < -0.4 is 0 Å². The van der Waals surface area contributed by atoms with Crippen molar-refractivity contribution in [3.63, 3.8) is 0 Å². The van der Waals surface area contributed by atoms with Gasteiger partial charge in [-0.15, -0.1) is 11.6 Å². The number of rotatable bonds is 2. The van der Waals surface area contributed by atoms with Crippen LogP contribution in [0.2, 0.25) is 0 Å². The van der Waals surface area contributed by atoms with E-state index in [0.717, 1.165) is 6.42 Å². The number of hydrogen-bond acceptors (Lipinski definition) is 1. The van der Waals surface area contributed by atoms with Gasteiger partial charge in [0.2, 0.25) is 0 Å². The second-order valence-electron chi connectivity index (χ2n) is 2.31. The van der Waals surface area contributed by atoms with Crippen molar-refractivity contribution in [3.8, 4) is 0 Å². The van der Waals surface area contributed by atoms with E-state index in [1.807, 2.05) is 18.2 Å². The molecule has 1 N–H and O–H groups in total. The molecular weight excluding hydrogens is 146 g/mol. The molecule has 0 fully saturated rings. The third-order valence-electron chi connectivity index (χ3n) is 1.57. The van der Waals surface area contributed by atoms with Gasteiger partial charge < -0.3 is 5.41 Å². The minimum Gasteiger partial charge on any atom is -0.308 e. The largest absolute Gasteiger partial charge is 0.308 e. The molecule has 1 nitrogen and oxygen atoms in total. The molecule has 0 saturated heterocycles. The Morgan fingerprint density at radius 1 is 1.60 bits per heavy atom. The van der Waals surface area contributed by atoms with Crippen molar-refractivity contribution in [1.29, 1.82) is 5.41 Å². The van der Waals surface area contributed by atoms with Crippen molar-refractivity contribution in [3.05, 3.63) is 24.3 Å². The highest BCUT2D eigenvalue weighted by Gasteiger charge is 2.09. The van der Waals surface area contributed by atoms with Gasteiger partial charge in [0.05, 0.1) is 5.88 Å². The highest BCUT2D eigenvalue weighted by atomic mass is 35.5. The number of hydrogen-bond donors (Lipinski definition) is 1. The van der Waals surface area contributed by atoms with Gasteiger partial charge in [0, 0.05) is 11.6 Å². The lowest BCUT2D eigenvalue weighted by molar-refractivity contribution is 0.858. The van der Waals surface area contributed by atoms with Crippen LogP contribution in [-0.2, 0) is 0 Å². The van der Waals surface area contributed by atoms with Crippen molar-refractivity contribution in [2.24, 2.45) is 5.92 Å². The summed E-state index contributed by atoms with van der Waals surface area (Å²) in [5.41, 5.74) is 0.613. The van der Waals surface area contributed by atoms with E-state index in [9.17, 15) is 0 Å². The third-order valence-corrected chi connectivity index (χ3v) is 1.86. The van der Waals surface area contributed by atoms with Crippen molar-refractivity contribution in [2.45, 2.75) is 6.42 Å². The fourth-order valence-electron chi connectivity index (χ4n) is 0.938. The smallest absolute Gasteiger partial charge is 0.0607 e. The normalized spacial score (nSPS) is 23.1. The monoisotopic (exact) mass is 155 g/mol. The second-order valence-corrected chi connectivity index (χ2v) is 2.58. The minimum absolute atomic E-state index is 0.252. The number of nitrogens with one attached hydrogen (secondary N) is 1. The minimum atomic E-state index is 0.252. The SMILES string of the molecule is N=C(CCl)C1C=CC=CC1. The Bertz CT molecular complexity index is 182. The van der Waals surface area contributed by atoms with Gasteiger partial charge in [-0.25, -0.2) is 0 Å². The van der Waals surface area contributed by atoms with E-state index >= 15 is 0 Å². The predicted molar refractivity (Wildman–Crippen MR) is 44.8 cm³/mol. The van der Waals surface area contributed by atoms with Gasteiger partial charge in [-0.1, -0.05) is 24.3 Å². The Balaban J connectivity index is 2.51. The Morgan fingerprint density at radius 3 is 2.90 bits per heavy atom. The molecule has 1 atom stereocenters. The maximum atomic E-state index is 7.41. The third kappa shape index (κ3) is 1.71. The average Bonchev–Trinajstić information content (AvgIpc) is 2.05. The highest BCUT2D eigenvalue weighted by Crippen LogP contribution is 2.12. The molecule has 54 valence electrons. The summed E-state index contributed by atoms with van der Waals surface area (Å²) in [6.07, 6.45) is 8.98. The lowest BCUT2D eigenvalue weighted by Gasteiger charge is -2.11. The van der Waals surface area contributed by atoms with E-state index < -0.39 is 0 Å². The standard InChI is InChI=1S/C8H10ClN/c9-6-8(10)7-4-2-1-3-5-7/h1-4,7,10H,5-6H2. The van der Waals surface area contributed by atoms with Crippen LogP contribution in [-0.4, -0.2) is 11.6 Å². The molecule has 0 heterocycles.